The molecule has 0 aliphatic rings. The van der Waals surface area contributed by atoms with E-state index in [1.165, 1.54) is 10.4 Å². The summed E-state index contributed by atoms with van der Waals surface area (Å²) in [4.78, 5) is 6.06. The highest BCUT2D eigenvalue weighted by Gasteiger charge is 2.21. The summed E-state index contributed by atoms with van der Waals surface area (Å²) in [5, 5.41) is 2.02. The second-order valence-electron chi connectivity index (χ2n) is 6.18. The van der Waals surface area contributed by atoms with Crippen LogP contribution in [0.1, 0.15) is 13.8 Å². The smallest absolute Gasteiger partial charge is 0.173 e. The summed E-state index contributed by atoms with van der Waals surface area (Å²) >= 11 is 5.36. The van der Waals surface area contributed by atoms with Crippen LogP contribution in [0, 0.1) is 5.41 Å². The van der Waals surface area contributed by atoms with Gasteiger partial charge in [0.05, 0.1) is 11.0 Å². The number of fused-ring (bicyclic) bond motifs is 1. The Bertz CT molecular complexity index is 765. The first-order valence-electron chi connectivity index (χ1n) is 7.33. The molecule has 2 aromatic carbocycles. The van der Waals surface area contributed by atoms with Crippen molar-refractivity contribution in [1.82, 2.24) is 9.55 Å². The standard InChI is InChI=1S/C18H19BrN2S/c1-18(2,12-19)13-21-16-11-7-6-10-15(16)20-17(21)22-14-8-4-3-5-9-14/h3-11H,12-13H2,1-2H3. The molecule has 4 heteroatoms. The number of benzene rings is 2. The van der Waals surface area contributed by atoms with Gasteiger partial charge >= 0.3 is 0 Å². The molecular formula is C18H19BrN2S. The van der Waals surface area contributed by atoms with E-state index in [9.17, 15) is 0 Å². The molecule has 0 aliphatic heterocycles. The average Bonchev–Trinajstić information content (AvgIpc) is 2.86. The van der Waals surface area contributed by atoms with Gasteiger partial charge in [0.25, 0.3) is 0 Å². The minimum Gasteiger partial charge on any atom is -0.318 e. The van der Waals surface area contributed by atoms with Crippen LogP contribution in [0.15, 0.2) is 64.6 Å². The van der Waals surface area contributed by atoms with Crippen LogP contribution >= 0.6 is 27.7 Å². The van der Waals surface area contributed by atoms with E-state index in [1.54, 1.807) is 11.8 Å². The summed E-state index contributed by atoms with van der Waals surface area (Å²) < 4.78 is 2.34. The fourth-order valence-corrected chi connectivity index (χ4v) is 3.45. The number of alkyl halides is 1. The topological polar surface area (TPSA) is 17.8 Å². The number of rotatable bonds is 5. The number of hydrogen-bond donors (Lipinski definition) is 0. The highest BCUT2D eigenvalue weighted by molar-refractivity contribution is 9.09. The Morgan fingerprint density at radius 1 is 1.05 bits per heavy atom. The van der Waals surface area contributed by atoms with E-state index in [1.807, 2.05) is 12.1 Å². The van der Waals surface area contributed by atoms with Gasteiger partial charge in [-0.3, -0.25) is 0 Å². The largest absolute Gasteiger partial charge is 0.318 e. The molecule has 1 heterocycles. The molecule has 0 atom stereocenters. The van der Waals surface area contributed by atoms with Gasteiger partial charge in [0.2, 0.25) is 0 Å². The zero-order chi connectivity index (χ0) is 15.6. The van der Waals surface area contributed by atoms with Crippen molar-refractivity contribution in [1.29, 1.82) is 0 Å². The van der Waals surface area contributed by atoms with E-state index in [2.05, 4.69) is 76.8 Å². The predicted octanol–water partition coefficient (Wildman–Crippen LogP) is 5.61. The minimum absolute atomic E-state index is 0.176. The van der Waals surface area contributed by atoms with Crippen molar-refractivity contribution in [2.24, 2.45) is 5.41 Å². The number of aromatic nitrogens is 2. The predicted molar refractivity (Wildman–Crippen MR) is 97.9 cm³/mol. The zero-order valence-corrected chi connectivity index (χ0v) is 15.2. The van der Waals surface area contributed by atoms with Gasteiger partial charge in [-0.15, -0.1) is 0 Å². The first-order chi connectivity index (χ1) is 10.6. The molecule has 0 N–H and O–H groups in total. The molecule has 114 valence electrons. The number of imidazole rings is 1. The quantitative estimate of drug-likeness (QED) is 0.540. The van der Waals surface area contributed by atoms with Crippen LogP contribution in [0.4, 0.5) is 0 Å². The Balaban J connectivity index is 2.04. The fourth-order valence-electron chi connectivity index (χ4n) is 2.35. The fraction of sp³-hybridized carbons (Fsp3) is 0.278. The van der Waals surface area contributed by atoms with Crippen molar-refractivity contribution in [3.05, 3.63) is 54.6 Å². The average molecular weight is 375 g/mol. The lowest BCUT2D eigenvalue weighted by atomic mass is 9.97. The number of halogens is 1. The van der Waals surface area contributed by atoms with Gasteiger partial charge in [-0.05, 0) is 29.7 Å². The van der Waals surface area contributed by atoms with Crippen LogP contribution in [0.5, 0.6) is 0 Å². The van der Waals surface area contributed by atoms with Crippen molar-refractivity contribution in [3.8, 4) is 0 Å². The monoisotopic (exact) mass is 374 g/mol. The van der Waals surface area contributed by atoms with Crippen LogP contribution < -0.4 is 0 Å². The normalized spacial score (nSPS) is 12.0. The molecule has 0 radical (unpaired) electrons. The van der Waals surface area contributed by atoms with E-state index < -0.39 is 0 Å². The summed E-state index contributed by atoms with van der Waals surface area (Å²) in [5.41, 5.74) is 2.44. The van der Waals surface area contributed by atoms with E-state index in [0.717, 1.165) is 22.5 Å². The molecule has 0 amide bonds. The molecule has 22 heavy (non-hydrogen) atoms. The van der Waals surface area contributed by atoms with E-state index in [-0.39, 0.29) is 5.41 Å². The second kappa shape index (κ2) is 6.47. The van der Waals surface area contributed by atoms with Crippen molar-refractivity contribution in [2.75, 3.05) is 5.33 Å². The van der Waals surface area contributed by atoms with Crippen molar-refractivity contribution >= 4 is 38.7 Å². The van der Waals surface area contributed by atoms with Gasteiger partial charge < -0.3 is 4.57 Å². The summed E-state index contributed by atoms with van der Waals surface area (Å²) in [7, 11) is 0. The lowest BCUT2D eigenvalue weighted by molar-refractivity contribution is 0.347. The van der Waals surface area contributed by atoms with Gasteiger partial charge in [0.1, 0.15) is 0 Å². The van der Waals surface area contributed by atoms with Gasteiger partial charge in [0, 0.05) is 16.8 Å². The van der Waals surface area contributed by atoms with E-state index in [4.69, 9.17) is 4.98 Å². The molecule has 2 nitrogen and oxygen atoms in total. The maximum Gasteiger partial charge on any atom is 0.173 e. The van der Waals surface area contributed by atoms with Crippen LogP contribution in [0.2, 0.25) is 0 Å². The zero-order valence-electron chi connectivity index (χ0n) is 12.8. The summed E-state index contributed by atoms with van der Waals surface area (Å²) in [6.07, 6.45) is 0. The van der Waals surface area contributed by atoms with Crippen molar-refractivity contribution < 1.29 is 0 Å². The third-order valence-corrected chi connectivity index (χ3v) is 6.04. The highest BCUT2D eigenvalue weighted by Crippen LogP contribution is 2.33. The molecule has 0 spiro atoms. The van der Waals surface area contributed by atoms with Crippen LogP contribution in [-0.2, 0) is 6.54 Å². The molecule has 0 saturated carbocycles. The molecule has 0 fully saturated rings. The second-order valence-corrected chi connectivity index (χ2v) is 7.78. The SMILES string of the molecule is CC(C)(CBr)Cn1c(Sc2ccccc2)nc2ccccc21. The third-order valence-electron chi connectivity index (χ3n) is 3.52. The summed E-state index contributed by atoms with van der Waals surface area (Å²) in [5.74, 6) is 0. The van der Waals surface area contributed by atoms with Gasteiger partial charge in [0.15, 0.2) is 5.16 Å². The number of hydrogen-bond acceptors (Lipinski definition) is 2. The first kappa shape index (κ1) is 15.6. The first-order valence-corrected chi connectivity index (χ1v) is 9.27. The molecule has 0 unspecified atom stereocenters. The molecule has 3 aromatic rings. The Morgan fingerprint density at radius 3 is 2.45 bits per heavy atom. The maximum atomic E-state index is 4.84. The van der Waals surface area contributed by atoms with Crippen LogP contribution in [0.25, 0.3) is 11.0 Å². The maximum absolute atomic E-state index is 4.84. The van der Waals surface area contributed by atoms with Gasteiger partial charge in [-0.25, -0.2) is 4.98 Å². The van der Waals surface area contributed by atoms with Crippen molar-refractivity contribution in [3.63, 3.8) is 0 Å². The lowest BCUT2D eigenvalue weighted by Crippen LogP contribution is -2.21. The van der Waals surface area contributed by atoms with E-state index in [0.29, 0.717) is 0 Å². The Morgan fingerprint density at radius 2 is 1.73 bits per heavy atom. The summed E-state index contributed by atoms with van der Waals surface area (Å²) in [6.45, 7) is 5.48. The van der Waals surface area contributed by atoms with Gasteiger partial charge in [-0.1, -0.05) is 71.9 Å². The molecule has 1 aromatic heterocycles. The lowest BCUT2D eigenvalue weighted by Gasteiger charge is -2.23. The molecule has 3 rings (SSSR count). The van der Waals surface area contributed by atoms with Crippen LogP contribution in [0.3, 0.4) is 0 Å². The molecule has 0 saturated heterocycles. The number of para-hydroxylation sites is 2. The van der Waals surface area contributed by atoms with Crippen molar-refractivity contribution in [2.45, 2.75) is 30.4 Å². The Hall–Kier alpha value is -1.26. The Kier molecular flexibility index (Phi) is 4.59. The minimum atomic E-state index is 0.176. The Labute approximate surface area is 144 Å². The van der Waals surface area contributed by atoms with E-state index >= 15 is 0 Å². The third kappa shape index (κ3) is 3.39. The van der Waals surface area contributed by atoms with Crippen LogP contribution in [-0.4, -0.2) is 14.9 Å². The van der Waals surface area contributed by atoms with Gasteiger partial charge in [-0.2, -0.15) is 0 Å². The highest BCUT2D eigenvalue weighted by atomic mass is 79.9. The molecule has 0 bridgehead atoms. The molecular weight excluding hydrogens is 356 g/mol. The molecule has 0 aliphatic carbocycles. The number of nitrogens with zero attached hydrogens (tertiary/aromatic N) is 2. The summed E-state index contributed by atoms with van der Waals surface area (Å²) in [6, 6.07) is 18.8.